The van der Waals surface area contributed by atoms with E-state index in [0.717, 1.165) is 12.8 Å². The number of aliphatic carboxylic acids is 1. The molecule has 98 valence electrons. The van der Waals surface area contributed by atoms with E-state index >= 15 is 0 Å². The van der Waals surface area contributed by atoms with Gasteiger partial charge in [0.15, 0.2) is 0 Å². The van der Waals surface area contributed by atoms with Crippen LogP contribution < -0.4 is 0 Å². The minimum absolute atomic E-state index is 0.293. The lowest BCUT2D eigenvalue weighted by Crippen LogP contribution is -2.48. The monoisotopic (exact) mass is 252 g/mol. The molecule has 6 heteroatoms. The fourth-order valence-corrected chi connectivity index (χ4v) is 2.36. The quantitative estimate of drug-likeness (QED) is 0.859. The van der Waals surface area contributed by atoms with Crippen molar-refractivity contribution in [1.82, 2.24) is 10.1 Å². The van der Waals surface area contributed by atoms with Crippen molar-refractivity contribution in [2.75, 3.05) is 6.54 Å². The van der Waals surface area contributed by atoms with Gasteiger partial charge >= 0.3 is 5.97 Å². The largest absolute Gasteiger partial charge is 0.480 e. The molecule has 1 aromatic heterocycles. The molecule has 0 spiro atoms. The van der Waals surface area contributed by atoms with Gasteiger partial charge in [-0.3, -0.25) is 4.79 Å². The molecule has 2 heterocycles. The van der Waals surface area contributed by atoms with E-state index in [4.69, 9.17) is 9.63 Å². The number of carboxylic acid groups (broad SMARTS) is 1. The summed E-state index contributed by atoms with van der Waals surface area (Å²) in [4.78, 5) is 25.0. The van der Waals surface area contributed by atoms with Gasteiger partial charge in [-0.25, -0.2) is 4.79 Å². The van der Waals surface area contributed by atoms with E-state index in [2.05, 4.69) is 5.16 Å². The number of amides is 1. The maximum Gasteiger partial charge on any atom is 0.326 e. The van der Waals surface area contributed by atoms with Gasteiger partial charge in [-0.2, -0.15) is 0 Å². The van der Waals surface area contributed by atoms with E-state index in [0.29, 0.717) is 30.0 Å². The lowest BCUT2D eigenvalue weighted by Gasteiger charge is -2.32. The maximum absolute atomic E-state index is 12.4. The number of piperidine rings is 1. The molecule has 0 aliphatic carbocycles. The Morgan fingerprint density at radius 1 is 1.39 bits per heavy atom. The molecule has 0 radical (unpaired) electrons. The van der Waals surface area contributed by atoms with Crippen molar-refractivity contribution in [2.24, 2.45) is 0 Å². The van der Waals surface area contributed by atoms with Crippen molar-refractivity contribution in [2.45, 2.75) is 39.2 Å². The summed E-state index contributed by atoms with van der Waals surface area (Å²) in [6.07, 6.45) is 2.17. The molecular weight excluding hydrogens is 236 g/mol. The van der Waals surface area contributed by atoms with Crippen molar-refractivity contribution in [3.05, 3.63) is 17.0 Å². The number of hydrogen-bond acceptors (Lipinski definition) is 4. The van der Waals surface area contributed by atoms with Gasteiger partial charge in [0.25, 0.3) is 5.91 Å². The van der Waals surface area contributed by atoms with Crippen molar-refractivity contribution < 1.29 is 19.2 Å². The summed E-state index contributed by atoms with van der Waals surface area (Å²) in [5.41, 5.74) is 0.898. The van der Waals surface area contributed by atoms with Crippen LogP contribution in [0.25, 0.3) is 0 Å². The number of aryl methyl sites for hydroxylation is 2. The number of carboxylic acids is 1. The van der Waals surface area contributed by atoms with Crippen molar-refractivity contribution >= 4 is 11.9 Å². The second-order valence-electron chi connectivity index (χ2n) is 4.55. The van der Waals surface area contributed by atoms with Crippen molar-refractivity contribution in [3.63, 3.8) is 0 Å². The first-order valence-corrected chi connectivity index (χ1v) is 5.99. The molecule has 1 aromatic rings. The summed E-state index contributed by atoms with van der Waals surface area (Å²) in [5, 5.41) is 12.9. The van der Waals surface area contributed by atoms with Gasteiger partial charge < -0.3 is 14.5 Å². The third kappa shape index (κ3) is 2.10. The van der Waals surface area contributed by atoms with Crippen LogP contribution in [0, 0.1) is 13.8 Å². The predicted molar refractivity (Wildman–Crippen MR) is 62.3 cm³/mol. The molecule has 1 aliphatic heterocycles. The van der Waals surface area contributed by atoms with Crippen molar-refractivity contribution in [3.8, 4) is 0 Å². The van der Waals surface area contributed by atoms with Gasteiger partial charge in [-0.05, 0) is 33.1 Å². The van der Waals surface area contributed by atoms with Crippen LogP contribution in [0.4, 0.5) is 0 Å². The molecule has 1 amide bonds. The van der Waals surface area contributed by atoms with Crippen LogP contribution in [-0.4, -0.2) is 39.6 Å². The summed E-state index contributed by atoms with van der Waals surface area (Å²) in [7, 11) is 0. The van der Waals surface area contributed by atoms with E-state index in [-0.39, 0.29) is 5.91 Å². The van der Waals surface area contributed by atoms with E-state index in [1.807, 2.05) is 0 Å². The molecule has 1 atom stereocenters. The highest BCUT2D eigenvalue weighted by molar-refractivity contribution is 5.98. The smallest absolute Gasteiger partial charge is 0.326 e. The number of carbonyl (C=O) groups excluding carboxylic acids is 1. The third-order valence-electron chi connectivity index (χ3n) is 3.30. The highest BCUT2D eigenvalue weighted by atomic mass is 16.5. The summed E-state index contributed by atoms with van der Waals surface area (Å²) >= 11 is 0. The average molecular weight is 252 g/mol. The Hall–Kier alpha value is -1.85. The topological polar surface area (TPSA) is 83.6 Å². The zero-order valence-electron chi connectivity index (χ0n) is 10.5. The highest BCUT2D eigenvalue weighted by Crippen LogP contribution is 2.22. The van der Waals surface area contributed by atoms with E-state index in [9.17, 15) is 9.59 Å². The van der Waals surface area contributed by atoms with Crippen molar-refractivity contribution in [1.29, 1.82) is 0 Å². The van der Waals surface area contributed by atoms with Crippen LogP contribution in [0.15, 0.2) is 4.52 Å². The van der Waals surface area contributed by atoms with E-state index < -0.39 is 12.0 Å². The Labute approximate surface area is 105 Å². The van der Waals surface area contributed by atoms with Crippen LogP contribution in [0.3, 0.4) is 0 Å². The fraction of sp³-hybridized carbons (Fsp3) is 0.583. The Morgan fingerprint density at radius 2 is 2.11 bits per heavy atom. The molecule has 0 unspecified atom stereocenters. The molecule has 1 N–H and O–H groups in total. The Bertz CT molecular complexity index is 461. The molecule has 1 fully saturated rings. The van der Waals surface area contributed by atoms with Gasteiger partial charge in [-0.15, -0.1) is 0 Å². The Morgan fingerprint density at radius 3 is 2.67 bits per heavy atom. The van der Waals surface area contributed by atoms with Crippen LogP contribution in [0.5, 0.6) is 0 Å². The van der Waals surface area contributed by atoms with Gasteiger partial charge in [0.2, 0.25) is 0 Å². The van der Waals surface area contributed by atoms with Crippen LogP contribution >= 0.6 is 0 Å². The second-order valence-corrected chi connectivity index (χ2v) is 4.55. The number of nitrogens with zero attached hydrogens (tertiary/aromatic N) is 2. The third-order valence-corrected chi connectivity index (χ3v) is 3.30. The van der Waals surface area contributed by atoms with Crippen LogP contribution in [0.1, 0.15) is 41.1 Å². The zero-order chi connectivity index (χ0) is 13.3. The minimum Gasteiger partial charge on any atom is -0.480 e. The maximum atomic E-state index is 12.4. The molecule has 1 aliphatic rings. The van der Waals surface area contributed by atoms with Gasteiger partial charge in [0.05, 0.1) is 5.69 Å². The second kappa shape index (κ2) is 4.80. The normalized spacial score (nSPS) is 19.9. The minimum atomic E-state index is -0.949. The first-order valence-electron chi connectivity index (χ1n) is 5.99. The summed E-state index contributed by atoms with van der Waals surface area (Å²) in [6, 6.07) is -0.736. The van der Waals surface area contributed by atoms with E-state index in [1.54, 1.807) is 13.8 Å². The lowest BCUT2D eigenvalue weighted by atomic mass is 10.0. The molecule has 0 saturated carbocycles. The van der Waals surface area contributed by atoms with Crippen LogP contribution in [-0.2, 0) is 4.79 Å². The number of carbonyl (C=O) groups is 2. The van der Waals surface area contributed by atoms with Gasteiger partial charge in [0, 0.05) is 6.54 Å². The highest BCUT2D eigenvalue weighted by Gasteiger charge is 2.34. The lowest BCUT2D eigenvalue weighted by molar-refractivity contribution is -0.143. The molecule has 18 heavy (non-hydrogen) atoms. The van der Waals surface area contributed by atoms with E-state index in [1.165, 1.54) is 4.90 Å². The first kappa shape index (κ1) is 12.6. The molecular formula is C12H16N2O4. The molecule has 1 saturated heterocycles. The summed E-state index contributed by atoms with van der Waals surface area (Å²) < 4.78 is 4.96. The standard InChI is InChI=1S/C12H16N2O4/c1-7-10(8(2)18-13-7)11(15)14-6-4-3-5-9(14)12(16)17/h9H,3-6H2,1-2H3,(H,16,17)/t9-/m1/s1. The molecule has 2 rings (SSSR count). The van der Waals surface area contributed by atoms with Crippen LogP contribution in [0.2, 0.25) is 0 Å². The zero-order valence-corrected chi connectivity index (χ0v) is 10.5. The SMILES string of the molecule is Cc1noc(C)c1C(=O)N1CCCC[C@@H]1C(=O)O. The molecule has 0 aromatic carbocycles. The summed E-state index contributed by atoms with van der Waals surface area (Å²) in [5.74, 6) is -0.805. The fourth-order valence-electron chi connectivity index (χ4n) is 2.36. The number of hydrogen-bond donors (Lipinski definition) is 1. The van der Waals surface area contributed by atoms with Gasteiger partial charge in [0.1, 0.15) is 17.4 Å². The predicted octanol–water partition coefficient (Wildman–Crippen LogP) is 1.37. The Kier molecular flexibility index (Phi) is 3.36. The number of likely N-dealkylation sites (tertiary alicyclic amines) is 1. The average Bonchev–Trinajstić information content (AvgIpc) is 2.68. The Balaban J connectivity index is 2.29. The summed E-state index contributed by atoms with van der Waals surface area (Å²) in [6.45, 7) is 3.82. The van der Waals surface area contributed by atoms with Gasteiger partial charge in [-0.1, -0.05) is 5.16 Å². The molecule has 6 nitrogen and oxygen atoms in total. The number of rotatable bonds is 2. The molecule has 0 bridgehead atoms. The number of aromatic nitrogens is 1. The first-order chi connectivity index (χ1) is 8.52.